The summed E-state index contributed by atoms with van der Waals surface area (Å²) in [5.41, 5.74) is 4.18. The van der Waals surface area contributed by atoms with E-state index in [-0.39, 0.29) is 5.56 Å². The van der Waals surface area contributed by atoms with Gasteiger partial charge >= 0.3 is 0 Å². The average molecular weight is 421 g/mol. The number of hydrogen-bond donors (Lipinski definition) is 1. The molecule has 0 fully saturated rings. The van der Waals surface area contributed by atoms with Gasteiger partial charge in [-0.25, -0.2) is 0 Å². The molecule has 5 heteroatoms. The summed E-state index contributed by atoms with van der Waals surface area (Å²) in [6, 6.07) is 15.6. The van der Waals surface area contributed by atoms with Crippen LogP contribution >= 0.6 is 11.3 Å². The van der Waals surface area contributed by atoms with Gasteiger partial charge in [-0.1, -0.05) is 24.3 Å². The van der Waals surface area contributed by atoms with Crippen molar-refractivity contribution >= 4 is 32.3 Å². The second kappa shape index (κ2) is 8.25. The quantitative estimate of drug-likeness (QED) is 0.414. The van der Waals surface area contributed by atoms with Crippen LogP contribution in [-0.2, 0) is 6.54 Å². The number of nitrogens with one attached hydrogen (secondary N) is 1. The Morgan fingerprint density at radius 3 is 2.33 bits per heavy atom. The zero-order valence-corrected chi connectivity index (χ0v) is 19.0. The molecule has 0 saturated heterocycles. The van der Waals surface area contributed by atoms with Crippen LogP contribution in [0.25, 0.3) is 32.1 Å². The molecule has 0 amide bonds. The van der Waals surface area contributed by atoms with Crippen molar-refractivity contribution in [1.82, 2.24) is 9.88 Å². The van der Waals surface area contributed by atoms with E-state index < -0.39 is 0 Å². The van der Waals surface area contributed by atoms with E-state index in [0.717, 1.165) is 44.4 Å². The maximum atomic E-state index is 12.4. The summed E-state index contributed by atoms with van der Waals surface area (Å²) in [6.45, 7) is 9.87. The Morgan fingerprint density at radius 2 is 1.70 bits per heavy atom. The van der Waals surface area contributed by atoms with Gasteiger partial charge in [0.15, 0.2) is 0 Å². The van der Waals surface area contributed by atoms with Crippen LogP contribution in [0.15, 0.2) is 52.6 Å². The number of methoxy groups -OCH3 is 1. The Morgan fingerprint density at radius 1 is 1.00 bits per heavy atom. The molecule has 0 aliphatic carbocycles. The Bertz CT molecular complexity index is 1230. The molecule has 0 saturated carbocycles. The topological polar surface area (TPSA) is 45.3 Å². The number of benzene rings is 2. The minimum Gasteiger partial charge on any atom is -0.496 e. The first-order valence-electron chi connectivity index (χ1n) is 10.4. The summed E-state index contributed by atoms with van der Waals surface area (Å²) in [5, 5.41) is 3.98. The average Bonchev–Trinajstić information content (AvgIpc) is 3.22. The van der Waals surface area contributed by atoms with Crippen molar-refractivity contribution < 1.29 is 4.74 Å². The molecular weight excluding hydrogens is 392 g/mol. The van der Waals surface area contributed by atoms with Gasteiger partial charge in [0, 0.05) is 40.5 Å². The molecule has 0 atom stereocenters. The lowest BCUT2D eigenvalue weighted by atomic mass is 9.96. The fourth-order valence-corrected chi connectivity index (χ4v) is 5.03. The van der Waals surface area contributed by atoms with E-state index in [1.54, 1.807) is 7.11 Å². The lowest BCUT2D eigenvalue weighted by molar-refractivity contribution is 0.166. The van der Waals surface area contributed by atoms with Gasteiger partial charge in [0.05, 0.1) is 7.11 Å². The fraction of sp³-hybridized carbons (Fsp3) is 0.320. The highest BCUT2D eigenvalue weighted by Gasteiger charge is 2.17. The Labute approximate surface area is 181 Å². The largest absolute Gasteiger partial charge is 0.496 e. The SMILES string of the molecule is COc1ccc2[nH]c(=O)c3sccc3c2c1-c1ccc(CN(C(C)C)C(C)C)cc1. The summed E-state index contributed by atoms with van der Waals surface area (Å²) in [5.74, 6) is 0.806. The zero-order chi connectivity index (χ0) is 21.4. The number of H-pyrrole nitrogens is 1. The minimum atomic E-state index is -0.0403. The van der Waals surface area contributed by atoms with Crippen molar-refractivity contribution in [3.63, 3.8) is 0 Å². The summed E-state index contributed by atoms with van der Waals surface area (Å²) in [7, 11) is 1.69. The first-order valence-corrected chi connectivity index (χ1v) is 11.2. The van der Waals surface area contributed by atoms with Gasteiger partial charge < -0.3 is 9.72 Å². The molecule has 2 aromatic carbocycles. The molecule has 0 aliphatic heterocycles. The molecule has 0 bridgehead atoms. The summed E-state index contributed by atoms with van der Waals surface area (Å²) in [6.07, 6.45) is 0. The lowest BCUT2D eigenvalue weighted by Gasteiger charge is -2.30. The van der Waals surface area contributed by atoms with Crippen molar-refractivity contribution in [3.8, 4) is 16.9 Å². The molecule has 0 unspecified atom stereocenters. The first-order chi connectivity index (χ1) is 14.4. The number of hydrogen-bond acceptors (Lipinski definition) is 4. The predicted molar refractivity (Wildman–Crippen MR) is 128 cm³/mol. The molecule has 30 heavy (non-hydrogen) atoms. The van der Waals surface area contributed by atoms with Gasteiger partial charge in [0.25, 0.3) is 5.56 Å². The highest BCUT2D eigenvalue weighted by atomic mass is 32.1. The van der Waals surface area contributed by atoms with E-state index >= 15 is 0 Å². The summed E-state index contributed by atoms with van der Waals surface area (Å²) < 4.78 is 6.47. The third-order valence-corrected chi connectivity index (χ3v) is 6.62. The third-order valence-electron chi connectivity index (χ3n) is 5.71. The lowest BCUT2D eigenvalue weighted by Crippen LogP contribution is -2.36. The molecule has 0 radical (unpaired) electrons. The Hall–Kier alpha value is -2.63. The van der Waals surface area contributed by atoms with Crippen LogP contribution in [0.4, 0.5) is 0 Å². The second-order valence-corrected chi connectivity index (χ2v) is 9.16. The molecule has 0 aliphatic rings. The minimum absolute atomic E-state index is 0.0403. The van der Waals surface area contributed by atoms with Crippen LogP contribution in [0.2, 0.25) is 0 Å². The van der Waals surface area contributed by atoms with E-state index in [1.807, 2.05) is 23.6 Å². The van der Waals surface area contributed by atoms with Gasteiger partial charge in [-0.2, -0.15) is 0 Å². The molecule has 4 aromatic rings. The number of fused-ring (bicyclic) bond motifs is 3. The van der Waals surface area contributed by atoms with E-state index in [0.29, 0.717) is 12.1 Å². The van der Waals surface area contributed by atoms with E-state index in [1.165, 1.54) is 16.9 Å². The van der Waals surface area contributed by atoms with Crippen molar-refractivity contribution in [3.05, 3.63) is 63.8 Å². The van der Waals surface area contributed by atoms with Crippen LogP contribution in [-0.4, -0.2) is 29.1 Å². The van der Waals surface area contributed by atoms with Crippen LogP contribution < -0.4 is 10.3 Å². The first kappa shape index (κ1) is 20.6. The molecule has 156 valence electrons. The van der Waals surface area contributed by atoms with Crippen molar-refractivity contribution in [2.45, 2.75) is 46.3 Å². The molecule has 2 aromatic heterocycles. The van der Waals surface area contributed by atoms with Crippen LogP contribution in [0, 0.1) is 0 Å². The van der Waals surface area contributed by atoms with Crippen molar-refractivity contribution in [2.75, 3.05) is 7.11 Å². The molecule has 2 heterocycles. The number of nitrogens with zero attached hydrogens (tertiary/aromatic N) is 1. The number of aromatic amines is 1. The van der Waals surface area contributed by atoms with E-state index in [9.17, 15) is 4.79 Å². The monoisotopic (exact) mass is 420 g/mol. The van der Waals surface area contributed by atoms with Gasteiger partial charge in [0.2, 0.25) is 0 Å². The number of thiophene rings is 1. The number of pyridine rings is 1. The van der Waals surface area contributed by atoms with Crippen LogP contribution in [0.5, 0.6) is 5.75 Å². The number of aromatic nitrogens is 1. The maximum absolute atomic E-state index is 12.4. The molecular formula is C25H28N2O2S. The molecule has 1 N–H and O–H groups in total. The van der Waals surface area contributed by atoms with Gasteiger partial charge in [-0.3, -0.25) is 9.69 Å². The maximum Gasteiger partial charge on any atom is 0.266 e. The van der Waals surface area contributed by atoms with Gasteiger partial charge in [0.1, 0.15) is 10.4 Å². The zero-order valence-electron chi connectivity index (χ0n) is 18.2. The Kier molecular flexibility index (Phi) is 5.67. The van der Waals surface area contributed by atoms with Gasteiger partial charge in [-0.15, -0.1) is 11.3 Å². The number of rotatable bonds is 6. The number of ether oxygens (including phenoxy) is 1. The fourth-order valence-electron chi connectivity index (χ4n) is 4.23. The van der Waals surface area contributed by atoms with Crippen molar-refractivity contribution in [1.29, 1.82) is 0 Å². The van der Waals surface area contributed by atoms with E-state index in [4.69, 9.17) is 4.74 Å². The third kappa shape index (κ3) is 3.64. The second-order valence-electron chi connectivity index (χ2n) is 8.24. The summed E-state index contributed by atoms with van der Waals surface area (Å²) >= 11 is 1.47. The van der Waals surface area contributed by atoms with Crippen molar-refractivity contribution in [2.24, 2.45) is 0 Å². The standard InChI is InChI=1S/C25H28N2O2S/c1-15(2)27(16(3)4)14-17-6-8-18(9-7-17)22-21(29-5)11-10-20-23(22)19-12-13-30-24(19)25(28)26-20/h6-13,15-16H,14H2,1-5H3,(H,26,28). The smallest absolute Gasteiger partial charge is 0.266 e. The summed E-state index contributed by atoms with van der Waals surface area (Å²) in [4.78, 5) is 17.9. The molecule has 0 spiro atoms. The highest BCUT2D eigenvalue weighted by molar-refractivity contribution is 7.17. The van der Waals surface area contributed by atoms with Crippen LogP contribution in [0.1, 0.15) is 33.3 Å². The molecule has 4 nitrogen and oxygen atoms in total. The van der Waals surface area contributed by atoms with E-state index in [2.05, 4.69) is 61.8 Å². The van der Waals surface area contributed by atoms with Gasteiger partial charge in [-0.05, 0) is 62.4 Å². The predicted octanol–water partition coefficient (Wildman–Crippen LogP) is 6.04. The normalized spacial score (nSPS) is 12.0. The van der Waals surface area contributed by atoms with Crippen LogP contribution in [0.3, 0.4) is 0 Å². The molecule has 4 rings (SSSR count). The highest BCUT2D eigenvalue weighted by Crippen LogP contribution is 2.40. The Balaban J connectivity index is 1.85.